The molecule has 4 nitrogen and oxygen atoms in total. The van der Waals surface area contributed by atoms with Gasteiger partial charge in [-0.3, -0.25) is 14.6 Å². The fraction of sp³-hybridized carbons (Fsp3) is 0.533. The van der Waals surface area contributed by atoms with Crippen LogP contribution in [0.1, 0.15) is 41.5 Å². The monoisotopic (exact) mass is 260 g/mol. The van der Waals surface area contributed by atoms with Crippen LogP contribution in [0.25, 0.3) is 0 Å². The predicted octanol–water partition coefficient (Wildman–Crippen LogP) is 1.96. The van der Waals surface area contributed by atoms with Gasteiger partial charge in [0, 0.05) is 11.1 Å². The highest BCUT2D eigenvalue weighted by molar-refractivity contribution is 6.21. The van der Waals surface area contributed by atoms with Crippen molar-refractivity contribution < 1.29 is 9.59 Å². The van der Waals surface area contributed by atoms with Crippen LogP contribution in [-0.2, 0) is 9.59 Å². The van der Waals surface area contributed by atoms with E-state index in [0.29, 0.717) is 16.9 Å². The highest BCUT2D eigenvalue weighted by Gasteiger charge is 2.40. The van der Waals surface area contributed by atoms with E-state index in [0.717, 1.165) is 5.70 Å². The average molecular weight is 260 g/mol. The number of nitrogens with zero attached hydrogens (tertiary/aromatic N) is 1. The third kappa shape index (κ3) is 2.05. The molecule has 2 aliphatic heterocycles. The van der Waals surface area contributed by atoms with Gasteiger partial charge in [0.15, 0.2) is 11.6 Å². The Morgan fingerprint density at radius 3 is 2.21 bits per heavy atom. The van der Waals surface area contributed by atoms with Crippen LogP contribution < -0.4 is 5.32 Å². The molecule has 0 spiro atoms. The second-order valence-electron chi connectivity index (χ2n) is 6.25. The van der Waals surface area contributed by atoms with Crippen molar-refractivity contribution in [2.24, 2.45) is 4.99 Å². The second kappa shape index (κ2) is 3.89. The number of carbonyl (C=O) groups excluding carboxylic acids is 2. The number of hydrogen-bond acceptors (Lipinski definition) is 4. The van der Waals surface area contributed by atoms with Crippen LogP contribution in [0.5, 0.6) is 0 Å². The molecule has 0 aromatic carbocycles. The molecule has 0 saturated carbocycles. The van der Waals surface area contributed by atoms with Gasteiger partial charge in [-0.1, -0.05) is 0 Å². The minimum Gasteiger partial charge on any atom is -0.371 e. The normalized spacial score (nSPS) is 24.2. The minimum atomic E-state index is -0.598. The average Bonchev–Trinajstić information content (AvgIpc) is 2.68. The SMILES string of the molecule is CC(=O)C1=CC(C2=C(C)C(=O)C(C)(C)N2)=NC1(C)C. The zero-order valence-corrected chi connectivity index (χ0v) is 12.3. The van der Waals surface area contributed by atoms with Crippen LogP contribution in [0.2, 0.25) is 0 Å². The van der Waals surface area contributed by atoms with Gasteiger partial charge in [-0.25, -0.2) is 0 Å². The molecular formula is C15H20N2O2. The Kier molecular flexibility index (Phi) is 2.81. The summed E-state index contributed by atoms with van der Waals surface area (Å²) in [5.74, 6) is 0.0956. The first-order chi connectivity index (χ1) is 8.56. The standard InChI is InChI=1S/C15H20N2O2/c1-8-12(17-15(5,6)13(8)19)11-7-10(9(2)18)14(3,4)16-11/h7,17H,1-6H3. The van der Waals surface area contributed by atoms with Gasteiger partial charge >= 0.3 is 0 Å². The highest BCUT2D eigenvalue weighted by atomic mass is 16.1. The summed E-state index contributed by atoms with van der Waals surface area (Å²) in [6.45, 7) is 10.9. The van der Waals surface area contributed by atoms with Gasteiger partial charge in [-0.2, -0.15) is 0 Å². The molecule has 0 radical (unpaired) electrons. The number of rotatable bonds is 2. The molecule has 0 bridgehead atoms. The van der Waals surface area contributed by atoms with Crippen LogP contribution >= 0.6 is 0 Å². The first-order valence-corrected chi connectivity index (χ1v) is 6.43. The highest BCUT2D eigenvalue weighted by Crippen LogP contribution is 2.32. The molecule has 102 valence electrons. The van der Waals surface area contributed by atoms with E-state index in [1.54, 1.807) is 19.9 Å². The number of Topliss-reactive ketones (excluding diaryl/α,β-unsaturated/α-hetero) is 2. The summed E-state index contributed by atoms with van der Waals surface area (Å²) in [6.07, 6.45) is 1.79. The molecule has 0 aromatic heterocycles. The largest absolute Gasteiger partial charge is 0.371 e. The lowest BCUT2D eigenvalue weighted by atomic mass is 9.93. The zero-order chi connectivity index (χ0) is 14.6. The summed E-state index contributed by atoms with van der Waals surface area (Å²) < 4.78 is 0. The molecule has 2 aliphatic rings. The lowest BCUT2D eigenvalue weighted by molar-refractivity contribution is -0.119. The maximum Gasteiger partial charge on any atom is 0.185 e. The van der Waals surface area contributed by atoms with Crippen LogP contribution in [0, 0.1) is 0 Å². The molecule has 2 heterocycles. The third-order valence-electron chi connectivity index (χ3n) is 3.70. The van der Waals surface area contributed by atoms with Crippen molar-refractivity contribution in [2.45, 2.75) is 52.6 Å². The molecule has 0 unspecified atom stereocenters. The fourth-order valence-electron chi connectivity index (χ4n) is 2.67. The number of allylic oxidation sites excluding steroid dienone is 1. The van der Waals surface area contributed by atoms with Crippen molar-refractivity contribution in [1.29, 1.82) is 0 Å². The van der Waals surface area contributed by atoms with Crippen molar-refractivity contribution in [3.8, 4) is 0 Å². The van der Waals surface area contributed by atoms with E-state index < -0.39 is 11.1 Å². The Morgan fingerprint density at radius 2 is 1.84 bits per heavy atom. The first kappa shape index (κ1) is 13.7. The topological polar surface area (TPSA) is 58.5 Å². The van der Waals surface area contributed by atoms with Crippen LogP contribution in [0.15, 0.2) is 27.9 Å². The van der Waals surface area contributed by atoms with Gasteiger partial charge in [0.05, 0.1) is 22.5 Å². The van der Waals surface area contributed by atoms with E-state index in [-0.39, 0.29) is 11.6 Å². The van der Waals surface area contributed by atoms with Crippen molar-refractivity contribution in [3.05, 3.63) is 22.9 Å². The smallest absolute Gasteiger partial charge is 0.185 e. The van der Waals surface area contributed by atoms with E-state index in [2.05, 4.69) is 10.3 Å². The molecule has 0 aliphatic carbocycles. The molecule has 0 fully saturated rings. The van der Waals surface area contributed by atoms with E-state index in [1.807, 2.05) is 27.7 Å². The van der Waals surface area contributed by atoms with E-state index in [9.17, 15) is 9.59 Å². The van der Waals surface area contributed by atoms with Crippen molar-refractivity contribution >= 4 is 17.3 Å². The molecule has 4 heteroatoms. The van der Waals surface area contributed by atoms with Gasteiger partial charge in [-0.15, -0.1) is 0 Å². The molecule has 19 heavy (non-hydrogen) atoms. The Morgan fingerprint density at radius 1 is 1.26 bits per heavy atom. The molecule has 1 N–H and O–H groups in total. The van der Waals surface area contributed by atoms with Crippen LogP contribution in [0.4, 0.5) is 0 Å². The Bertz CT molecular complexity index is 575. The zero-order valence-electron chi connectivity index (χ0n) is 12.3. The van der Waals surface area contributed by atoms with Gasteiger partial charge in [0.25, 0.3) is 0 Å². The van der Waals surface area contributed by atoms with Crippen molar-refractivity contribution in [1.82, 2.24) is 5.32 Å². The number of nitrogens with one attached hydrogen (secondary N) is 1. The lowest BCUT2D eigenvalue weighted by Crippen LogP contribution is -2.40. The molecule has 0 atom stereocenters. The molecule has 0 amide bonds. The molecule has 0 aromatic rings. The number of ketones is 2. The van der Waals surface area contributed by atoms with Gasteiger partial charge < -0.3 is 5.32 Å². The molecule has 0 saturated heterocycles. The van der Waals surface area contributed by atoms with Gasteiger partial charge in [0.1, 0.15) is 0 Å². The van der Waals surface area contributed by atoms with E-state index in [4.69, 9.17) is 0 Å². The van der Waals surface area contributed by atoms with Crippen molar-refractivity contribution in [2.75, 3.05) is 0 Å². The van der Waals surface area contributed by atoms with E-state index >= 15 is 0 Å². The van der Waals surface area contributed by atoms with Crippen LogP contribution in [-0.4, -0.2) is 28.4 Å². The van der Waals surface area contributed by atoms with Crippen LogP contribution in [0.3, 0.4) is 0 Å². The summed E-state index contributed by atoms with van der Waals surface area (Å²) >= 11 is 0. The fourth-order valence-corrected chi connectivity index (χ4v) is 2.67. The quantitative estimate of drug-likeness (QED) is 0.825. The van der Waals surface area contributed by atoms with Crippen molar-refractivity contribution in [3.63, 3.8) is 0 Å². The number of carbonyl (C=O) groups is 2. The Hall–Kier alpha value is -1.71. The Balaban J connectivity index is 2.47. The minimum absolute atomic E-state index is 0.0191. The number of aliphatic imine (C=N–C) groups is 1. The number of hydrogen-bond donors (Lipinski definition) is 1. The summed E-state index contributed by atoms with van der Waals surface area (Å²) in [7, 11) is 0. The summed E-state index contributed by atoms with van der Waals surface area (Å²) in [5, 5.41) is 3.21. The maximum absolute atomic E-state index is 12.1. The molecule has 2 rings (SSSR count). The summed E-state index contributed by atoms with van der Waals surface area (Å²) in [5.41, 5.74) is 1.69. The Labute approximate surface area is 113 Å². The molecular weight excluding hydrogens is 240 g/mol. The second-order valence-corrected chi connectivity index (χ2v) is 6.25. The lowest BCUT2D eigenvalue weighted by Gasteiger charge is -2.19. The predicted molar refractivity (Wildman–Crippen MR) is 75.2 cm³/mol. The van der Waals surface area contributed by atoms with Gasteiger partial charge in [0.2, 0.25) is 0 Å². The summed E-state index contributed by atoms with van der Waals surface area (Å²) in [6, 6.07) is 0. The summed E-state index contributed by atoms with van der Waals surface area (Å²) in [4.78, 5) is 28.3. The third-order valence-corrected chi connectivity index (χ3v) is 3.70. The van der Waals surface area contributed by atoms with Gasteiger partial charge in [-0.05, 0) is 47.6 Å². The maximum atomic E-state index is 12.1. The van der Waals surface area contributed by atoms with E-state index in [1.165, 1.54) is 0 Å². The first-order valence-electron chi connectivity index (χ1n) is 6.43.